The Hall–Kier alpha value is -4.00. The summed E-state index contributed by atoms with van der Waals surface area (Å²) in [5.74, 6) is -2.38. The van der Waals surface area contributed by atoms with Crippen molar-refractivity contribution in [2.45, 2.75) is 19.9 Å². The number of aliphatic hydroxyl groups is 1. The van der Waals surface area contributed by atoms with Crippen molar-refractivity contribution in [2.24, 2.45) is 5.92 Å². The third-order valence-corrected chi connectivity index (χ3v) is 5.43. The van der Waals surface area contributed by atoms with Crippen LogP contribution in [0.4, 0.5) is 14.5 Å². The molecule has 1 aliphatic rings. The fraction of sp³-hybridized carbons (Fsp3) is 0.185. The summed E-state index contributed by atoms with van der Waals surface area (Å²) in [6.07, 6.45) is 0. The minimum atomic E-state index is -1.07. The molecule has 4 rings (SSSR count). The predicted molar refractivity (Wildman–Crippen MR) is 124 cm³/mol. The van der Waals surface area contributed by atoms with Crippen LogP contribution in [0.25, 0.3) is 5.76 Å². The normalized spacial score (nSPS) is 17.4. The van der Waals surface area contributed by atoms with Gasteiger partial charge in [-0.2, -0.15) is 0 Å². The Labute approximate surface area is 195 Å². The summed E-state index contributed by atoms with van der Waals surface area (Å²) in [5, 5.41) is 11.1. The number of ether oxygens (including phenoxy) is 1. The van der Waals surface area contributed by atoms with E-state index in [1.54, 1.807) is 24.3 Å². The van der Waals surface area contributed by atoms with Crippen molar-refractivity contribution in [1.82, 2.24) is 0 Å². The van der Waals surface area contributed by atoms with E-state index in [0.29, 0.717) is 29.4 Å². The number of anilines is 1. The van der Waals surface area contributed by atoms with Crippen molar-refractivity contribution in [3.8, 4) is 5.75 Å². The first-order chi connectivity index (χ1) is 16.3. The summed E-state index contributed by atoms with van der Waals surface area (Å²) >= 11 is 0. The Balaban J connectivity index is 1.82. The highest BCUT2D eigenvalue weighted by molar-refractivity contribution is 6.51. The summed E-state index contributed by atoms with van der Waals surface area (Å²) in [6.45, 7) is 4.56. The molecule has 5 nitrogen and oxygen atoms in total. The first-order valence-corrected chi connectivity index (χ1v) is 10.8. The first-order valence-electron chi connectivity index (χ1n) is 10.8. The van der Waals surface area contributed by atoms with Gasteiger partial charge in [0.2, 0.25) is 0 Å². The number of aliphatic hydroxyl groups excluding tert-OH is 1. The summed E-state index contributed by atoms with van der Waals surface area (Å²) in [6, 6.07) is 15.9. The van der Waals surface area contributed by atoms with Gasteiger partial charge in [0.1, 0.15) is 23.1 Å². The molecule has 0 aliphatic carbocycles. The van der Waals surface area contributed by atoms with Crippen LogP contribution in [-0.4, -0.2) is 23.4 Å². The minimum Gasteiger partial charge on any atom is -0.507 e. The molecule has 1 saturated heterocycles. The molecule has 34 heavy (non-hydrogen) atoms. The molecule has 1 amide bonds. The molecular formula is C27H23F2NO4. The largest absolute Gasteiger partial charge is 0.507 e. The zero-order valence-corrected chi connectivity index (χ0v) is 18.7. The zero-order chi connectivity index (χ0) is 24.4. The van der Waals surface area contributed by atoms with E-state index in [4.69, 9.17) is 4.74 Å². The number of halogens is 2. The van der Waals surface area contributed by atoms with Gasteiger partial charge in [0, 0.05) is 11.3 Å². The lowest BCUT2D eigenvalue weighted by Crippen LogP contribution is -2.29. The third-order valence-electron chi connectivity index (χ3n) is 5.43. The van der Waals surface area contributed by atoms with Gasteiger partial charge in [-0.3, -0.25) is 14.5 Å². The molecule has 7 heteroatoms. The molecule has 0 aromatic heterocycles. The molecule has 174 valence electrons. The van der Waals surface area contributed by atoms with Gasteiger partial charge >= 0.3 is 0 Å². The summed E-state index contributed by atoms with van der Waals surface area (Å²) < 4.78 is 33.2. The quantitative estimate of drug-likeness (QED) is 0.293. The maximum absolute atomic E-state index is 14.0. The highest BCUT2D eigenvalue weighted by Gasteiger charge is 2.47. The molecule has 0 bridgehead atoms. The molecule has 3 aromatic rings. The fourth-order valence-electron chi connectivity index (χ4n) is 3.81. The number of Topliss-reactive ketones (excluding diaryl/α,β-unsaturated/α-hetero) is 1. The van der Waals surface area contributed by atoms with Crippen LogP contribution in [0.1, 0.15) is 31.0 Å². The van der Waals surface area contributed by atoms with Crippen LogP contribution in [0, 0.1) is 17.6 Å². The molecule has 1 fully saturated rings. The van der Waals surface area contributed by atoms with Crippen molar-refractivity contribution in [3.05, 3.63) is 101 Å². The summed E-state index contributed by atoms with van der Waals surface area (Å²) in [4.78, 5) is 27.2. The number of nitrogens with zero attached hydrogens (tertiary/aromatic N) is 1. The van der Waals surface area contributed by atoms with Gasteiger partial charge in [0.05, 0.1) is 18.2 Å². The van der Waals surface area contributed by atoms with Crippen LogP contribution in [0.5, 0.6) is 5.75 Å². The SMILES string of the molecule is CC(C)COc1ccc(/C(O)=C2\C(=O)C(=O)N(c3cccc(F)c3)C2c2ccc(F)cc2)cc1. The van der Waals surface area contributed by atoms with E-state index in [0.717, 1.165) is 11.0 Å². The average Bonchev–Trinajstić information content (AvgIpc) is 3.08. The van der Waals surface area contributed by atoms with Gasteiger partial charge in [-0.15, -0.1) is 0 Å². The molecule has 0 spiro atoms. The Morgan fingerprint density at radius 1 is 0.971 bits per heavy atom. The molecule has 1 heterocycles. The van der Waals surface area contributed by atoms with Crippen LogP contribution in [0.3, 0.4) is 0 Å². The highest BCUT2D eigenvalue weighted by Crippen LogP contribution is 2.42. The third kappa shape index (κ3) is 4.55. The monoisotopic (exact) mass is 463 g/mol. The molecule has 3 aromatic carbocycles. The van der Waals surface area contributed by atoms with Gasteiger partial charge in [-0.25, -0.2) is 8.78 Å². The number of hydrogen-bond donors (Lipinski definition) is 1. The second-order valence-electron chi connectivity index (χ2n) is 8.43. The second-order valence-corrected chi connectivity index (χ2v) is 8.43. The molecule has 1 unspecified atom stereocenters. The zero-order valence-electron chi connectivity index (χ0n) is 18.7. The predicted octanol–water partition coefficient (Wildman–Crippen LogP) is 5.63. The van der Waals surface area contributed by atoms with Gasteiger partial charge in [-0.1, -0.05) is 32.0 Å². The van der Waals surface area contributed by atoms with Crippen LogP contribution >= 0.6 is 0 Å². The smallest absolute Gasteiger partial charge is 0.300 e. The van der Waals surface area contributed by atoms with Gasteiger partial charge in [-0.05, 0) is 66.1 Å². The Morgan fingerprint density at radius 2 is 1.65 bits per heavy atom. The number of hydrogen-bond acceptors (Lipinski definition) is 4. The number of benzene rings is 3. The summed E-state index contributed by atoms with van der Waals surface area (Å²) in [7, 11) is 0. The van der Waals surface area contributed by atoms with E-state index in [9.17, 15) is 23.5 Å². The number of carbonyl (C=O) groups excluding carboxylic acids is 2. The fourth-order valence-corrected chi connectivity index (χ4v) is 3.81. The van der Waals surface area contributed by atoms with Crippen LogP contribution < -0.4 is 9.64 Å². The first kappa shape index (κ1) is 23.2. The Kier molecular flexibility index (Phi) is 6.45. The molecule has 0 radical (unpaired) electrons. The molecule has 1 N–H and O–H groups in total. The molecule has 1 atom stereocenters. The van der Waals surface area contributed by atoms with Crippen LogP contribution in [-0.2, 0) is 9.59 Å². The maximum atomic E-state index is 14.0. The number of rotatable bonds is 6. The van der Waals surface area contributed by atoms with Gasteiger partial charge in [0.25, 0.3) is 11.7 Å². The van der Waals surface area contributed by atoms with Crippen LogP contribution in [0.2, 0.25) is 0 Å². The Morgan fingerprint density at radius 3 is 2.26 bits per heavy atom. The van der Waals surface area contributed by atoms with Crippen molar-refractivity contribution in [1.29, 1.82) is 0 Å². The molecular weight excluding hydrogens is 440 g/mol. The van der Waals surface area contributed by atoms with Crippen molar-refractivity contribution in [3.63, 3.8) is 0 Å². The van der Waals surface area contributed by atoms with Gasteiger partial charge < -0.3 is 9.84 Å². The second kappa shape index (κ2) is 9.47. The van der Waals surface area contributed by atoms with Crippen molar-refractivity contribution in [2.75, 3.05) is 11.5 Å². The topological polar surface area (TPSA) is 66.8 Å². The van der Waals surface area contributed by atoms with E-state index in [-0.39, 0.29) is 17.0 Å². The van der Waals surface area contributed by atoms with E-state index in [1.165, 1.54) is 42.5 Å². The molecule has 1 aliphatic heterocycles. The van der Waals surface area contributed by atoms with E-state index >= 15 is 0 Å². The van der Waals surface area contributed by atoms with Crippen LogP contribution in [0.15, 0.2) is 78.4 Å². The van der Waals surface area contributed by atoms with Crippen molar-refractivity contribution >= 4 is 23.1 Å². The lowest BCUT2D eigenvalue weighted by atomic mass is 9.95. The van der Waals surface area contributed by atoms with E-state index in [1.807, 2.05) is 13.8 Å². The van der Waals surface area contributed by atoms with E-state index in [2.05, 4.69) is 0 Å². The summed E-state index contributed by atoms with van der Waals surface area (Å²) in [5.41, 5.74) is 0.675. The number of carbonyl (C=O) groups is 2. The molecule has 0 saturated carbocycles. The lowest BCUT2D eigenvalue weighted by Gasteiger charge is -2.25. The van der Waals surface area contributed by atoms with E-state index < -0.39 is 29.4 Å². The average molecular weight is 463 g/mol. The lowest BCUT2D eigenvalue weighted by molar-refractivity contribution is -0.132. The van der Waals surface area contributed by atoms with Crippen molar-refractivity contribution < 1.29 is 28.2 Å². The number of ketones is 1. The maximum Gasteiger partial charge on any atom is 0.300 e. The highest BCUT2D eigenvalue weighted by atomic mass is 19.1. The van der Waals surface area contributed by atoms with Gasteiger partial charge in [0.15, 0.2) is 0 Å². The standard InChI is InChI=1S/C27H23F2NO4/c1-16(2)15-34-22-12-8-18(9-13-22)25(31)23-24(17-6-10-19(28)11-7-17)30(27(33)26(23)32)21-5-3-4-20(29)14-21/h3-14,16,24,31H,15H2,1-2H3/b25-23+. The number of amides is 1. The Bertz CT molecular complexity index is 1250. The minimum absolute atomic E-state index is 0.146.